The van der Waals surface area contributed by atoms with Gasteiger partial charge in [0.25, 0.3) is 5.91 Å². The molecule has 0 aliphatic rings. The van der Waals surface area contributed by atoms with Crippen LogP contribution in [-0.2, 0) is 4.79 Å². The first-order chi connectivity index (χ1) is 4.72. The van der Waals surface area contributed by atoms with E-state index >= 15 is 0 Å². The van der Waals surface area contributed by atoms with Gasteiger partial charge in [0, 0.05) is 7.05 Å². The number of nitrogens with two attached hydrogens (primary N) is 2. The molecular formula is C6H14N3O. The Morgan fingerprint density at radius 1 is 1.70 bits per heavy atom. The maximum Gasteiger partial charge on any atom is 0.257 e. The molecule has 0 aromatic rings. The summed E-state index contributed by atoms with van der Waals surface area (Å²) in [6.07, 6.45) is 1.41. The van der Waals surface area contributed by atoms with Crippen LogP contribution in [0.5, 0.6) is 0 Å². The van der Waals surface area contributed by atoms with Crippen molar-refractivity contribution in [3.05, 3.63) is 0 Å². The first-order valence-electron chi connectivity index (χ1n) is 3.31. The number of carbonyl (C=O) groups is 1. The minimum atomic E-state index is -0.450. The number of carbonyl (C=O) groups excluding carboxylic acids is 1. The van der Waals surface area contributed by atoms with Crippen LogP contribution in [0.3, 0.4) is 0 Å². The summed E-state index contributed by atoms with van der Waals surface area (Å²) in [5, 5.41) is 3.44. The van der Waals surface area contributed by atoms with Crippen molar-refractivity contribution in [2.75, 3.05) is 13.6 Å². The number of amides is 1. The molecule has 0 aliphatic heterocycles. The molecule has 10 heavy (non-hydrogen) atoms. The fourth-order valence-electron chi connectivity index (χ4n) is 0.627. The Hall–Kier alpha value is -0.610. The molecule has 4 N–H and O–H groups in total. The Morgan fingerprint density at radius 2 is 2.30 bits per heavy atom. The summed E-state index contributed by atoms with van der Waals surface area (Å²) in [4.78, 5) is 10.7. The zero-order valence-electron chi connectivity index (χ0n) is 6.21. The SMILES string of the molecule is C[N]C(=O)[C@@H](N)CCCN. The molecule has 1 atom stereocenters. The molecule has 0 aliphatic carbocycles. The molecule has 0 spiro atoms. The largest absolute Gasteiger partial charge is 0.330 e. The minimum absolute atomic E-state index is 0.242. The highest BCUT2D eigenvalue weighted by molar-refractivity contribution is 5.80. The maximum absolute atomic E-state index is 10.7. The molecular weight excluding hydrogens is 130 g/mol. The Kier molecular flexibility index (Phi) is 4.88. The molecule has 4 heteroatoms. The molecule has 0 heterocycles. The molecule has 0 unspecified atom stereocenters. The number of rotatable bonds is 4. The van der Waals surface area contributed by atoms with Crippen LogP contribution < -0.4 is 16.8 Å². The van der Waals surface area contributed by atoms with Gasteiger partial charge in [-0.1, -0.05) is 0 Å². The van der Waals surface area contributed by atoms with Gasteiger partial charge in [-0.2, -0.15) is 0 Å². The van der Waals surface area contributed by atoms with E-state index in [1.807, 2.05) is 0 Å². The summed E-state index contributed by atoms with van der Waals surface area (Å²) in [5.41, 5.74) is 10.6. The fraction of sp³-hybridized carbons (Fsp3) is 0.833. The van der Waals surface area contributed by atoms with Crippen molar-refractivity contribution in [1.29, 1.82) is 0 Å². The van der Waals surface area contributed by atoms with E-state index in [1.165, 1.54) is 7.05 Å². The summed E-state index contributed by atoms with van der Waals surface area (Å²) >= 11 is 0. The Morgan fingerprint density at radius 3 is 2.70 bits per heavy atom. The Labute approximate surface area is 61.0 Å². The van der Waals surface area contributed by atoms with Gasteiger partial charge in [0.15, 0.2) is 0 Å². The summed E-state index contributed by atoms with van der Waals surface area (Å²) < 4.78 is 0. The second-order valence-electron chi connectivity index (χ2n) is 2.10. The van der Waals surface area contributed by atoms with E-state index in [2.05, 4.69) is 5.32 Å². The molecule has 1 amide bonds. The molecule has 4 nitrogen and oxygen atoms in total. The third kappa shape index (κ3) is 3.42. The third-order valence-corrected chi connectivity index (χ3v) is 1.26. The van der Waals surface area contributed by atoms with Crippen molar-refractivity contribution in [2.45, 2.75) is 18.9 Å². The average Bonchev–Trinajstić information content (AvgIpc) is 1.98. The highest BCUT2D eigenvalue weighted by Crippen LogP contribution is 1.91. The lowest BCUT2D eigenvalue weighted by atomic mass is 10.1. The van der Waals surface area contributed by atoms with Gasteiger partial charge in [0.05, 0.1) is 6.04 Å². The normalized spacial score (nSPS) is 12.7. The van der Waals surface area contributed by atoms with Gasteiger partial charge in [0.2, 0.25) is 0 Å². The van der Waals surface area contributed by atoms with Gasteiger partial charge < -0.3 is 11.5 Å². The molecule has 0 saturated carbocycles. The molecule has 0 aromatic carbocycles. The van der Waals surface area contributed by atoms with Crippen molar-refractivity contribution in [3.63, 3.8) is 0 Å². The lowest BCUT2D eigenvalue weighted by Gasteiger charge is -2.05. The van der Waals surface area contributed by atoms with Crippen LogP contribution in [0.2, 0.25) is 0 Å². The molecule has 0 saturated heterocycles. The zero-order valence-corrected chi connectivity index (χ0v) is 6.21. The molecule has 0 fully saturated rings. The molecule has 1 radical (unpaired) electrons. The number of likely N-dealkylation sites (N-methyl/N-ethyl adjacent to an activating group) is 1. The van der Waals surface area contributed by atoms with Crippen LogP contribution in [0, 0.1) is 0 Å². The van der Waals surface area contributed by atoms with E-state index < -0.39 is 6.04 Å². The number of nitrogens with zero attached hydrogens (tertiary/aromatic N) is 1. The third-order valence-electron chi connectivity index (χ3n) is 1.26. The minimum Gasteiger partial charge on any atom is -0.330 e. The summed E-state index contributed by atoms with van der Waals surface area (Å²) in [5.74, 6) is -0.242. The van der Waals surface area contributed by atoms with E-state index in [-0.39, 0.29) is 5.91 Å². The quantitative estimate of drug-likeness (QED) is 0.520. The second-order valence-corrected chi connectivity index (χ2v) is 2.10. The van der Waals surface area contributed by atoms with Crippen LogP contribution in [0.1, 0.15) is 12.8 Å². The smallest absolute Gasteiger partial charge is 0.257 e. The van der Waals surface area contributed by atoms with Crippen LogP contribution in [0.4, 0.5) is 0 Å². The van der Waals surface area contributed by atoms with E-state index in [9.17, 15) is 4.79 Å². The van der Waals surface area contributed by atoms with Crippen LogP contribution in [0.25, 0.3) is 0 Å². The Bertz CT molecular complexity index is 105. The highest BCUT2D eigenvalue weighted by Gasteiger charge is 2.10. The molecule has 59 valence electrons. The standard InChI is InChI=1S/C6H14N3O/c1-9-6(10)5(8)3-2-4-7/h5H,2-4,7-8H2,1H3/t5-/m0/s1. The first kappa shape index (κ1) is 9.39. The van der Waals surface area contributed by atoms with E-state index in [0.717, 1.165) is 6.42 Å². The van der Waals surface area contributed by atoms with Gasteiger partial charge in [-0.3, -0.25) is 10.1 Å². The van der Waals surface area contributed by atoms with Crippen molar-refractivity contribution in [3.8, 4) is 0 Å². The first-order valence-corrected chi connectivity index (χ1v) is 3.31. The monoisotopic (exact) mass is 144 g/mol. The summed E-state index contributed by atoms with van der Waals surface area (Å²) in [7, 11) is 1.45. The van der Waals surface area contributed by atoms with Crippen molar-refractivity contribution in [2.24, 2.45) is 11.5 Å². The van der Waals surface area contributed by atoms with Gasteiger partial charge in [-0.15, -0.1) is 0 Å². The molecule has 0 aromatic heterocycles. The summed E-state index contributed by atoms with van der Waals surface area (Å²) in [6.45, 7) is 0.574. The second kappa shape index (κ2) is 5.20. The predicted octanol–water partition coefficient (Wildman–Crippen LogP) is -1.19. The van der Waals surface area contributed by atoms with Crippen LogP contribution >= 0.6 is 0 Å². The predicted molar refractivity (Wildman–Crippen MR) is 39.3 cm³/mol. The average molecular weight is 144 g/mol. The highest BCUT2D eigenvalue weighted by atomic mass is 16.2. The van der Waals surface area contributed by atoms with Crippen LogP contribution in [0.15, 0.2) is 0 Å². The lowest BCUT2D eigenvalue weighted by Crippen LogP contribution is -2.35. The maximum atomic E-state index is 10.7. The van der Waals surface area contributed by atoms with Crippen molar-refractivity contribution < 1.29 is 4.79 Å². The van der Waals surface area contributed by atoms with Gasteiger partial charge >= 0.3 is 0 Å². The number of hydrogen-bond acceptors (Lipinski definition) is 3. The van der Waals surface area contributed by atoms with Crippen molar-refractivity contribution >= 4 is 5.91 Å². The van der Waals surface area contributed by atoms with E-state index in [4.69, 9.17) is 11.5 Å². The van der Waals surface area contributed by atoms with Crippen molar-refractivity contribution in [1.82, 2.24) is 5.32 Å². The van der Waals surface area contributed by atoms with Gasteiger partial charge in [0.1, 0.15) is 0 Å². The lowest BCUT2D eigenvalue weighted by molar-refractivity contribution is -0.122. The topological polar surface area (TPSA) is 83.2 Å². The van der Waals surface area contributed by atoms with Crippen LogP contribution in [-0.4, -0.2) is 25.5 Å². The van der Waals surface area contributed by atoms with Gasteiger partial charge in [-0.25, -0.2) is 0 Å². The molecule has 0 rings (SSSR count). The fourth-order valence-corrected chi connectivity index (χ4v) is 0.627. The van der Waals surface area contributed by atoms with E-state index in [1.54, 1.807) is 0 Å². The zero-order chi connectivity index (χ0) is 7.98. The Balaban J connectivity index is 3.41. The number of hydrogen-bond donors (Lipinski definition) is 2. The van der Waals surface area contributed by atoms with E-state index in [0.29, 0.717) is 13.0 Å². The van der Waals surface area contributed by atoms with Gasteiger partial charge in [-0.05, 0) is 19.4 Å². The summed E-state index contributed by atoms with van der Waals surface area (Å²) in [6, 6.07) is -0.450. The molecule has 0 bridgehead atoms.